The fourth-order valence-electron chi connectivity index (χ4n) is 3.70. The van der Waals surface area contributed by atoms with E-state index in [1.54, 1.807) is 28.6 Å². The molecule has 3 heterocycles. The number of aryl methyl sites for hydroxylation is 1. The largest absolute Gasteiger partial charge is 0.398 e. The number of hydrogen-bond acceptors (Lipinski definition) is 5. The Morgan fingerprint density at radius 3 is 2.79 bits per heavy atom. The normalized spacial score (nSPS) is 21.8. The molecular formula is C16H21N5O2S. The molecular weight excluding hydrogens is 326 g/mol. The van der Waals surface area contributed by atoms with Crippen molar-refractivity contribution in [3.05, 3.63) is 35.9 Å². The third-order valence-corrected chi connectivity index (χ3v) is 6.86. The van der Waals surface area contributed by atoms with Crippen LogP contribution in [-0.2, 0) is 23.0 Å². The van der Waals surface area contributed by atoms with Gasteiger partial charge in [-0.2, -0.15) is 4.31 Å². The highest BCUT2D eigenvalue weighted by atomic mass is 32.2. The molecule has 7 nitrogen and oxygen atoms in total. The Morgan fingerprint density at radius 2 is 1.96 bits per heavy atom. The van der Waals surface area contributed by atoms with Gasteiger partial charge in [-0.3, -0.25) is 0 Å². The summed E-state index contributed by atoms with van der Waals surface area (Å²) in [6, 6.07) is 6.64. The van der Waals surface area contributed by atoms with Crippen molar-refractivity contribution < 1.29 is 8.42 Å². The lowest BCUT2D eigenvalue weighted by Crippen LogP contribution is -2.40. The van der Waals surface area contributed by atoms with Gasteiger partial charge in [0.25, 0.3) is 0 Å². The van der Waals surface area contributed by atoms with Crippen LogP contribution in [0, 0.1) is 0 Å². The maximum Gasteiger partial charge on any atom is 0.245 e. The second kappa shape index (κ2) is 5.86. The highest BCUT2D eigenvalue weighted by molar-refractivity contribution is 7.89. The Bertz CT molecular complexity index is 861. The van der Waals surface area contributed by atoms with Gasteiger partial charge in [0.15, 0.2) is 0 Å². The molecule has 2 aliphatic rings. The van der Waals surface area contributed by atoms with E-state index in [9.17, 15) is 8.42 Å². The quantitative estimate of drug-likeness (QED) is 0.847. The first-order valence-corrected chi connectivity index (χ1v) is 9.78. The average Bonchev–Trinajstić information content (AvgIpc) is 3.18. The molecule has 0 amide bonds. The zero-order chi connectivity index (χ0) is 16.7. The summed E-state index contributed by atoms with van der Waals surface area (Å²) in [6.45, 7) is 1.90. The van der Waals surface area contributed by atoms with Crippen molar-refractivity contribution in [2.75, 3.05) is 18.8 Å². The predicted octanol–water partition coefficient (Wildman–Crippen LogP) is 1.37. The van der Waals surface area contributed by atoms with Crippen molar-refractivity contribution >= 4 is 15.7 Å². The molecule has 1 fully saturated rings. The van der Waals surface area contributed by atoms with Gasteiger partial charge in [-0.05, 0) is 31.4 Å². The number of nitrogen functional groups attached to an aromatic ring is 1. The molecule has 24 heavy (non-hydrogen) atoms. The first-order valence-electron chi connectivity index (χ1n) is 8.34. The summed E-state index contributed by atoms with van der Waals surface area (Å²) < 4.78 is 29.6. The van der Waals surface area contributed by atoms with Crippen LogP contribution in [-0.4, -0.2) is 40.6 Å². The Hall–Kier alpha value is -1.93. The predicted molar refractivity (Wildman–Crippen MR) is 89.9 cm³/mol. The van der Waals surface area contributed by atoms with Crippen LogP contribution in [0.5, 0.6) is 0 Å². The number of piperidine rings is 1. The van der Waals surface area contributed by atoms with E-state index in [4.69, 9.17) is 5.73 Å². The number of nitrogens with zero attached hydrogens (tertiary/aromatic N) is 4. The standard InChI is InChI=1S/C16H21N5O2S/c17-13-6-1-2-7-14(13)24(22,23)20-9-3-5-12(11-20)16-19-18-15-8-4-10-21(15)16/h1-2,6-7,12H,3-5,8-11,17H2. The van der Waals surface area contributed by atoms with E-state index in [2.05, 4.69) is 14.8 Å². The number of benzene rings is 1. The molecule has 1 saturated heterocycles. The fraction of sp³-hybridized carbons (Fsp3) is 0.500. The molecule has 0 bridgehead atoms. The highest BCUT2D eigenvalue weighted by Crippen LogP contribution is 2.32. The monoisotopic (exact) mass is 347 g/mol. The van der Waals surface area contributed by atoms with Crippen molar-refractivity contribution in [2.45, 2.75) is 43.0 Å². The third-order valence-electron chi connectivity index (χ3n) is 4.92. The zero-order valence-electron chi connectivity index (χ0n) is 13.4. The van der Waals surface area contributed by atoms with Gasteiger partial charge in [-0.15, -0.1) is 10.2 Å². The fourth-order valence-corrected chi connectivity index (χ4v) is 5.34. The SMILES string of the molecule is Nc1ccccc1S(=O)(=O)N1CCCC(c2nnc3n2CCC3)C1. The molecule has 1 unspecified atom stereocenters. The molecule has 0 spiro atoms. The Kier molecular flexibility index (Phi) is 3.80. The number of rotatable bonds is 3. The summed E-state index contributed by atoms with van der Waals surface area (Å²) in [5.74, 6) is 2.05. The summed E-state index contributed by atoms with van der Waals surface area (Å²) in [5.41, 5.74) is 6.18. The first-order chi connectivity index (χ1) is 11.6. The van der Waals surface area contributed by atoms with Gasteiger partial charge in [-0.25, -0.2) is 8.42 Å². The molecule has 1 aromatic carbocycles. The van der Waals surface area contributed by atoms with E-state index in [0.29, 0.717) is 18.8 Å². The van der Waals surface area contributed by atoms with Gasteiger partial charge in [-0.1, -0.05) is 12.1 Å². The summed E-state index contributed by atoms with van der Waals surface area (Å²) >= 11 is 0. The highest BCUT2D eigenvalue weighted by Gasteiger charge is 2.34. The number of aromatic nitrogens is 3. The zero-order valence-corrected chi connectivity index (χ0v) is 14.2. The van der Waals surface area contributed by atoms with Gasteiger partial charge in [0.05, 0.1) is 5.69 Å². The van der Waals surface area contributed by atoms with E-state index in [1.807, 2.05) is 0 Å². The average molecular weight is 347 g/mol. The maximum atomic E-state index is 13.0. The van der Waals surface area contributed by atoms with Gasteiger partial charge in [0.2, 0.25) is 10.0 Å². The van der Waals surface area contributed by atoms with E-state index in [-0.39, 0.29) is 10.8 Å². The maximum absolute atomic E-state index is 13.0. The summed E-state index contributed by atoms with van der Waals surface area (Å²) in [7, 11) is -3.58. The number of anilines is 1. The molecule has 128 valence electrons. The smallest absolute Gasteiger partial charge is 0.245 e. The molecule has 0 radical (unpaired) electrons. The number of fused-ring (bicyclic) bond motifs is 1. The second-order valence-corrected chi connectivity index (χ2v) is 8.38. The lowest BCUT2D eigenvalue weighted by atomic mass is 9.99. The number of para-hydroxylation sites is 1. The Balaban J connectivity index is 1.62. The van der Waals surface area contributed by atoms with E-state index >= 15 is 0 Å². The molecule has 0 aliphatic carbocycles. The van der Waals surface area contributed by atoms with Gasteiger partial charge >= 0.3 is 0 Å². The van der Waals surface area contributed by atoms with Crippen LogP contribution in [0.4, 0.5) is 5.69 Å². The van der Waals surface area contributed by atoms with Crippen LogP contribution in [0.3, 0.4) is 0 Å². The van der Waals surface area contributed by atoms with Gasteiger partial charge in [0.1, 0.15) is 16.5 Å². The molecule has 2 aliphatic heterocycles. The Morgan fingerprint density at radius 1 is 1.12 bits per heavy atom. The van der Waals surface area contributed by atoms with Crippen molar-refractivity contribution in [3.63, 3.8) is 0 Å². The lowest BCUT2D eigenvalue weighted by Gasteiger charge is -2.31. The van der Waals surface area contributed by atoms with Crippen molar-refractivity contribution in [1.29, 1.82) is 0 Å². The summed E-state index contributed by atoms with van der Waals surface area (Å²) in [6.07, 6.45) is 3.81. The topological polar surface area (TPSA) is 94.1 Å². The Labute approximate surface area is 141 Å². The third kappa shape index (κ3) is 2.50. The minimum Gasteiger partial charge on any atom is -0.398 e. The van der Waals surface area contributed by atoms with Crippen LogP contribution in [0.1, 0.15) is 36.8 Å². The molecule has 8 heteroatoms. The van der Waals surface area contributed by atoms with E-state index in [0.717, 1.165) is 43.9 Å². The molecule has 1 aromatic heterocycles. The number of hydrogen-bond donors (Lipinski definition) is 1. The second-order valence-electron chi connectivity index (χ2n) is 6.47. The number of sulfonamides is 1. The number of nitrogens with two attached hydrogens (primary N) is 1. The van der Waals surface area contributed by atoms with Crippen LogP contribution in [0.15, 0.2) is 29.2 Å². The van der Waals surface area contributed by atoms with Gasteiger partial charge in [0, 0.05) is 32.0 Å². The van der Waals surface area contributed by atoms with Crippen LogP contribution in [0.25, 0.3) is 0 Å². The van der Waals surface area contributed by atoms with Crippen LogP contribution in [0.2, 0.25) is 0 Å². The summed E-state index contributed by atoms with van der Waals surface area (Å²) in [4.78, 5) is 0.192. The van der Waals surface area contributed by atoms with Crippen molar-refractivity contribution in [1.82, 2.24) is 19.1 Å². The first kappa shape index (κ1) is 15.6. The minimum atomic E-state index is -3.58. The van der Waals surface area contributed by atoms with Gasteiger partial charge < -0.3 is 10.3 Å². The van der Waals surface area contributed by atoms with Crippen LogP contribution < -0.4 is 5.73 Å². The van der Waals surface area contributed by atoms with Crippen molar-refractivity contribution in [2.24, 2.45) is 0 Å². The van der Waals surface area contributed by atoms with Crippen molar-refractivity contribution in [3.8, 4) is 0 Å². The molecule has 2 aromatic rings. The summed E-state index contributed by atoms with van der Waals surface area (Å²) in [5, 5.41) is 8.59. The van der Waals surface area contributed by atoms with E-state index in [1.165, 1.54) is 0 Å². The molecule has 4 rings (SSSR count). The molecule has 1 atom stereocenters. The van der Waals surface area contributed by atoms with Crippen LogP contribution >= 0.6 is 0 Å². The van der Waals surface area contributed by atoms with E-state index < -0.39 is 10.0 Å². The lowest BCUT2D eigenvalue weighted by molar-refractivity contribution is 0.305. The minimum absolute atomic E-state index is 0.0952. The molecule has 0 saturated carbocycles. The molecule has 2 N–H and O–H groups in total.